The Hall–Kier alpha value is -2.71. The Labute approximate surface area is 163 Å². The standard InChI is InChI=1S/C19H22N2O5S/c1-23-15-3-5-16(6-4-15)26-12-14(22)11-20-19(27)21-13-2-7-17-18(10-13)25-9-8-24-17/h2-7,10,14,22H,8-9,11-12H2,1H3,(H2,20,21,27). The molecule has 0 bridgehead atoms. The fourth-order valence-corrected chi connectivity index (χ4v) is 2.63. The summed E-state index contributed by atoms with van der Waals surface area (Å²) in [4.78, 5) is 0. The highest BCUT2D eigenvalue weighted by Gasteiger charge is 2.12. The van der Waals surface area contributed by atoms with E-state index in [1.54, 1.807) is 31.4 Å². The Morgan fingerprint density at radius 3 is 2.56 bits per heavy atom. The predicted molar refractivity (Wildman–Crippen MR) is 106 cm³/mol. The number of thiocarbonyl (C=S) groups is 1. The number of hydrogen-bond donors (Lipinski definition) is 3. The Morgan fingerprint density at radius 1 is 1.11 bits per heavy atom. The molecular formula is C19H22N2O5S. The molecule has 2 aromatic carbocycles. The molecule has 1 heterocycles. The van der Waals surface area contributed by atoms with Crippen molar-refractivity contribution in [3.8, 4) is 23.0 Å². The molecule has 27 heavy (non-hydrogen) atoms. The van der Waals surface area contributed by atoms with Gasteiger partial charge in [-0.25, -0.2) is 0 Å². The first-order valence-corrected chi connectivity index (χ1v) is 8.94. The zero-order valence-corrected chi connectivity index (χ0v) is 15.8. The first-order chi connectivity index (χ1) is 13.1. The fourth-order valence-electron chi connectivity index (χ4n) is 2.43. The highest BCUT2D eigenvalue weighted by Crippen LogP contribution is 2.32. The lowest BCUT2D eigenvalue weighted by Gasteiger charge is -2.20. The molecule has 3 rings (SSSR count). The van der Waals surface area contributed by atoms with E-state index >= 15 is 0 Å². The van der Waals surface area contributed by atoms with E-state index in [0.29, 0.717) is 29.8 Å². The second-order valence-electron chi connectivity index (χ2n) is 5.83. The maximum absolute atomic E-state index is 10.0. The zero-order valence-electron chi connectivity index (χ0n) is 14.9. The molecule has 1 atom stereocenters. The number of rotatable bonds is 7. The second kappa shape index (κ2) is 9.29. The van der Waals surface area contributed by atoms with Crippen LogP contribution < -0.4 is 29.6 Å². The molecule has 1 unspecified atom stereocenters. The topological polar surface area (TPSA) is 81.2 Å². The summed E-state index contributed by atoms with van der Waals surface area (Å²) in [6.07, 6.45) is -0.716. The van der Waals surface area contributed by atoms with Crippen LogP contribution in [0.1, 0.15) is 0 Å². The van der Waals surface area contributed by atoms with Crippen LogP contribution in [0.2, 0.25) is 0 Å². The van der Waals surface area contributed by atoms with Gasteiger partial charge < -0.3 is 34.7 Å². The highest BCUT2D eigenvalue weighted by molar-refractivity contribution is 7.80. The predicted octanol–water partition coefficient (Wildman–Crippen LogP) is 2.19. The summed E-state index contributed by atoms with van der Waals surface area (Å²) in [7, 11) is 1.60. The molecule has 3 N–H and O–H groups in total. The van der Waals surface area contributed by atoms with E-state index in [0.717, 1.165) is 17.2 Å². The summed E-state index contributed by atoms with van der Waals surface area (Å²) in [5.41, 5.74) is 0.778. The third-order valence-electron chi connectivity index (χ3n) is 3.80. The van der Waals surface area contributed by atoms with Gasteiger partial charge in [0.2, 0.25) is 0 Å². The van der Waals surface area contributed by atoms with Crippen molar-refractivity contribution in [1.29, 1.82) is 0 Å². The first-order valence-electron chi connectivity index (χ1n) is 8.53. The third-order valence-corrected chi connectivity index (χ3v) is 4.05. The number of aliphatic hydroxyl groups excluding tert-OH is 1. The van der Waals surface area contributed by atoms with E-state index in [2.05, 4.69) is 10.6 Å². The molecule has 0 aliphatic carbocycles. The smallest absolute Gasteiger partial charge is 0.170 e. The van der Waals surface area contributed by atoms with Crippen LogP contribution in [0.4, 0.5) is 5.69 Å². The van der Waals surface area contributed by atoms with Crippen molar-refractivity contribution in [2.45, 2.75) is 6.10 Å². The quantitative estimate of drug-likeness (QED) is 0.621. The van der Waals surface area contributed by atoms with Gasteiger partial charge in [-0.3, -0.25) is 0 Å². The van der Waals surface area contributed by atoms with E-state index in [9.17, 15) is 5.11 Å². The highest BCUT2D eigenvalue weighted by atomic mass is 32.1. The van der Waals surface area contributed by atoms with E-state index in [-0.39, 0.29) is 13.2 Å². The van der Waals surface area contributed by atoms with Gasteiger partial charge in [0, 0.05) is 18.3 Å². The number of fused-ring (bicyclic) bond motifs is 1. The number of nitrogens with one attached hydrogen (secondary N) is 2. The largest absolute Gasteiger partial charge is 0.497 e. The summed E-state index contributed by atoms with van der Waals surface area (Å²) in [6.45, 7) is 1.48. The molecule has 2 aromatic rings. The van der Waals surface area contributed by atoms with Gasteiger partial charge in [0.05, 0.1) is 7.11 Å². The number of hydrogen-bond acceptors (Lipinski definition) is 6. The summed E-state index contributed by atoms with van der Waals surface area (Å²) in [6, 6.07) is 12.7. The van der Waals surface area contributed by atoms with Crippen LogP contribution >= 0.6 is 12.2 Å². The van der Waals surface area contributed by atoms with Crippen molar-refractivity contribution in [1.82, 2.24) is 5.32 Å². The summed E-state index contributed by atoms with van der Waals surface area (Å²) < 4.78 is 21.7. The van der Waals surface area contributed by atoms with Crippen molar-refractivity contribution < 1.29 is 24.1 Å². The monoisotopic (exact) mass is 390 g/mol. The fraction of sp³-hybridized carbons (Fsp3) is 0.316. The summed E-state index contributed by atoms with van der Waals surface area (Å²) in [5, 5.41) is 16.5. The van der Waals surface area contributed by atoms with Crippen molar-refractivity contribution >= 4 is 23.0 Å². The molecule has 7 nitrogen and oxygen atoms in total. The zero-order chi connectivity index (χ0) is 19.1. The average Bonchev–Trinajstić information content (AvgIpc) is 2.71. The average molecular weight is 390 g/mol. The van der Waals surface area contributed by atoms with Crippen molar-refractivity contribution in [2.24, 2.45) is 0 Å². The van der Waals surface area contributed by atoms with Gasteiger partial charge in [0.25, 0.3) is 0 Å². The van der Waals surface area contributed by atoms with Crippen molar-refractivity contribution in [2.75, 3.05) is 38.8 Å². The second-order valence-corrected chi connectivity index (χ2v) is 6.24. The molecule has 8 heteroatoms. The maximum atomic E-state index is 10.0. The van der Waals surface area contributed by atoms with E-state index in [4.69, 9.17) is 31.2 Å². The Balaban J connectivity index is 1.40. The van der Waals surface area contributed by atoms with Gasteiger partial charge in [-0.2, -0.15) is 0 Å². The summed E-state index contributed by atoms with van der Waals surface area (Å²) >= 11 is 5.25. The van der Waals surface area contributed by atoms with Crippen molar-refractivity contribution in [3.63, 3.8) is 0 Å². The molecule has 1 aliphatic rings. The van der Waals surface area contributed by atoms with Crippen LogP contribution in [0.3, 0.4) is 0 Å². The lowest BCUT2D eigenvalue weighted by molar-refractivity contribution is 0.110. The number of anilines is 1. The molecule has 0 radical (unpaired) electrons. The van der Waals surface area contributed by atoms with Gasteiger partial charge in [0.15, 0.2) is 16.6 Å². The van der Waals surface area contributed by atoms with Gasteiger partial charge in [0.1, 0.15) is 37.4 Å². The Kier molecular flexibility index (Phi) is 6.56. The van der Waals surface area contributed by atoms with E-state index < -0.39 is 6.10 Å². The number of aliphatic hydroxyl groups is 1. The molecule has 1 aliphatic heterocycles. The molecule has 0 amide bonds. The van der Waals surface area contributed by atoms with Crippen LogP contribution in [0.15, 0.2) is 42.5 Å². The molecule has 0 fully saturated rings. The van der Waals surface area contributed by atoms with Crippen LogP contribution in [-0.4, -0.2) is 49.8 Å². The molecule has 0 saturated carbocycles. The third kappa shape index (κ3) is 5.63. The summed E-state index contributed by atoms with van der Waals surface area (Å²) in [5.74, 6) is 2.81. The van der Waals surface area contributed by atoms with E-state index in [1.165, 1.54) is 0 Å². The van der Waals surface area contributed by atoms with Gasteiger partial charge >= 0.3 is 0 Å². The van der Waals surface area contributed by atoms with Crippen LogP contribution in [-0.2, 0) is 0 Å². The SMILES string of the molecule is COc1ccc(OCC(O)CNC(=S)Nc2ccc3c(c2)OCCO3)cc1. The Morgan fingerprint density at radius 2 is 1.81 bits per heavy atom. The number of ether oxygens (including phenoxy) is 4. The van der Waals surface area contributed by atoms with Gasteiger partial charge in [-0.15, -0.1) is 0 Å². The maximum Gasteiger partial charge on any atom is 0.170 e. The van der Waals surface area contributed by atoms with Gasteiger partial charge in [-0.1, -0.05) is 0 Å². The number of benzene rings is 2. The lowest BCUT2D eigenvalue weighted by Crippen LogP contribution is -2.37. The minimum Gasteiger partial charge on any atom is -0.497 e. The number of methoxy groups -OCH3 is 1. The normalized spacial score (nSPS) is 13.4. The van der Waals surface area contributed by atoms with E-state index in [1.807, 2.05) is 18.2 Å². The molecule has 144 valence electrons. The lowest BCUT2D eigenvalue weighted by atomic mass is 10.2. The molecule has 0 saturated heterocycles. The van der Waals surface area contributed by atoms with Gasteiger partial charge in [-0.05, 0) is 48.6 Å². The molecule has 0 spiro atoms. The minimum atomic E-state index is -0.716. The molecule has 0 aromatic heterocycles. The van der Waals surface area contributed by atoms with Crippen LogP contribution in [0, 0.1) is 0 Å². The van der Waals surface area contributed by atoms with Crippen LogP contribution in [0.25, 0.3) is 0 Å². The molecular weight excluding hydrogens is 368 g/mol. The minimum absolute atomic E-state index is 0.145. The van der Waals surface area contributed by atoms with Crippen molar-refractivity contribution in [3.05, 3.63) is 42.5 Å². The first kappa shape index (κ1) is 19.1. The Bertz CT molecular complexity index is 769. The van der Waals surface area contributed by atoms with Crippen LogP contribution in [0.5, 0.6) is 23.0 Å².